The summed E-state index contributed by atoms with van der Waals surface area (Å²) in [6, 6.07) is 12.0. The lowest BCUT2D eigenvalue weighted by Gasteiger charge is -2.22. The molecule has 0 saturated heterocycles. The number of aromatic nitrogens is 1. The van der Waals surface area contributed by atoms with Gasteiger partial charge >= 0.3 is 0 Å². The summed E-state index contributed by atoms with van der Waals surface area (Å²) < 4.78 is 5.19. The highest BCUT2D eigenvalue weighted by Crippen LogP contribution is 2.38. The number of aromatic hydroxyl groups is 1. The molecule has 26 heavy (non-hydrogen) atoms. The molecule has 0 radical (unpaired) electrons. The van der Waals surface area contributed by atoms with Gasteiger partial charge in [-0.1, -0.05) is 30.7 Å². The lowest BCUT2D eigenvalue weighted by molar-refractivity contribution is -0.121. The first-order valence-electron chi connectivity index (χ1n) is 8.24. The van der Waals surface area contributed by atoms with Crippen molar-refractivity contribution in [3.8, 4) is 11.5 Å². The predicted octanol–water partition coefficient (Wildman–Crippen LogP) is 4.22. The van der Waals surface area contributed by atoms with Crippen LogP contribution < -0.4 is 10.1 Å². The van der Waals surface area contributed by atoms with Gasteiger partial charge in [-0.25, -0.2) is 0 Å². The van der Waals surface area contributed by atoms with Gasteiger partial charge in [-0.05, 0) is 35.9 Å². The lowest BCUT2D eigenvalue weighted by atomic mass is 9.96. The highest BCUT2D eigenvalue weighted by molar-refractivity contribution is 6.35. The minimum Gasteiger partial charge on any atom is -0.505 e. The van der Waals surface area contributed by atoms with Gasteiger partial charge in [-0.2, -0.15) is 0 Å². The molecule has 1 amide bonds. The van der Waals surface area contributed by atoms with Gasteiger partial charge in [0.25, 0.3) is 0 Å². The fourth-order valence-electron chi connectivity index (χ4n) is 2.83. The van der Waals surface area contributed by atoms with Gasteiger partial charge in [0.1, 0.15) is 17.0 Å². The molecule has 1 heterocycles. The average Bonchev–Trinajstić information content (AvgIpc) is 2.69. The maximum atomic E-state index is 12.1. The number of methoxy groups -OCH3 is 1. The standard InChI is InChI=1S/C20H19ClN2O3/c1-3-17(24)23-18(12-6-8-13(26-2)9-7-12)15-11-16(21)14-5-4-10-22-19(14)20(15)25/h4-11,18,25H,3H2,1-2H3,(H,23,24)/t18-/m0/s1. The summed E-state index contributed by atoms with van der Waals surface area (Å²) >= 11 is 6.40. The quantitative estimate of drug-likeness (QED) is 0.705. The third-order valence-electron chi connectivity index (χ3n) is 4.23. The number of nitrogens with one attached hydrogen (secondary N) is 1. The molecule has 0 saturated carbocycles. The molecule has 5 nitrogen and oxygen atoms in total. The minimum absolute atomic E-state index is 0.00206. The Balaban J connectivity index is 2.16. The number of ether oxygens (including phenoxy) is 1. The molecule has 0 fully saturated rings. The molecule has 0 bridgehead atoms. The second kappa shape index (κ2) is 7.62. The summed E-state index contributed by atoms with van der Waals surface area (Å²) in [4.78, 5) is 16.3. The number of pyridine rings is 1. The second-order valence-electron chi connectivity index (χ2n) is 5.82. The lowest BCUT2D eigenvalue weighted by Crippen LogP contribution is -2.28. The number of phenolic OH excluding ortho intramolecular Hbond substituents is 1. The zero-order valence-corrected chi connectivity index (χ0v) is 15.2. The van der Waals surface area contributed by atoms with Crippen molar-refractivity contribution < 1.29 is 14.6 Å². The third kappa shape index (κ3) is 3.44. The Morgan fingerprint density at radius 2 is 2.04 bits per heavy atom. The number of rotatable bonds is 5. The van der Waals surface area contributed by atoms with Gasteiger partial charge in [0, 0.05) is 23.6 Å². The summed E-state index contributed by atoms with van der Waals surface area (Å²) in [6.45, 7) is 1.77. The van der Waals surface area contributed by atoms with Crippen LogP contribution in [0.5, 0.6) is 11.5 Å². The van der Waals surface area contributed by atoms with Crippen LogP contribution in [-0.2, 0) is 4.79 Å². The summed E-state index contributed by atoms with van der Waals surface area (Å²) in [5.41, 5.74) is 1.70. The Labute approximate surface area is 156 Å². The van der Waals surface area contributed by atoms with Gasteiger partial charge in [0.2, 0.25) is 5.91 Å². The first-order chi connectivity index (χ1) is 12.5. The van der Waals surface area contributed by atoms with Crippen LogP contribution in [0.3, 0.4) is 0 Å². The van der Waals surface area contributed by atoms with Crippen molar-refractivity contribution >= 4 is 28.4 Å². The normalized spacial score (nSPS) is 12.0. The first kappa shape index (κ1) is 18.0. The third-order valence-corrected chi connectivity index (χ3v) is 4.54. The SMILES string of the molecule is CCC(=O)N[C@@H](c1ccc(OC)cc1)c1cc(Cl)c2cccnc2c1O. The van der Waals surface area contributed by atoms with E-state index in [4.69, 9.17) is 16.3 Å². The Hall–Kier alpha value is -2.79. The molecule has 3 rings (SSSR count). The molecule has 1 aromatic heterocycles. The van der Waals surface area contributed by atoms with E-state index in [0.29, 0.717) is 33.7 Å². The monoisotopic (exact) mass is 370 g/mol. The smallest absolute Gasteiger partial charge is 0.220 e. The van der Waals surface area contributed by atoms with Crippen molar-refractivity contribution in [2.24, 2.45) is 0 Å². The maximum Gasteiger partial charge on any atom is 0.220 e. The average molecular weight is 371 g/mol. The summed E-state index contributed by atoms with van der Waals surface area (Å²) in [5, 5.41) is 14.9. The van der Waals surface area contributed by atoms with E-state index in [9.17, 15) is 9.90 Å². The van der Waals surface area contributed by atoms with Crippen molar-refractivity contribution in [3.63, 3.8) is 0 Å². The zero-order valence-electron chi connectivity index (χ0n) is 14.5. The van der Waals surface area contributed by atoms with Gasteiger partial charge in [-0.15, -0.1) is 0 Å². The molecule has 0 aliphatic heterocycles. The molecule has 6 heteroatoms. The van der Waals surface area contributed by atoms with Gasteiger partial charge in [0.15, 0.2) is 0 Å². The number of fused-ring (bicyclic) bond motifs is 1. The number of nitrogens with zero attached hydrogens (tertiary/aromatic N) is 1. The largest absolute Gasteiger partial charge is 0.505 e. The fourth-order valence-corrected chi connectivity index (χ4v) is 3.10. The van der Waals surface area contributed by atoms with E-state index in [0.717, 1.165) is 5.56 Å². The van der Waals surface area contributed by atoms with Crippen LogP contribution in [-0.4, -0.2) is 23.1 Å². The molecule has 3 aromatic rings. The minimum atomic E-state index is -0.558. The van der Waals surface area contributed by atoms with Crippen LogP contribution >= 0.6 is 11.6 Å². The molecular formula is C20H19ClN2O3. The van der Waals surface area contributed by atoms with Crippen molar-refractivity contribution in [2.45, 2.75) is 19.4 Å². The predicted molar refractivity (Wildman–Crippen MR) is 102 cm³/mol. The summed E-state index contributed by atoms with van der Waals surface area (Å²) in [6.07, 6.45) is 1.92. The number of carbonyl (C=O) groups is 1. The molecule has 1 atom stereocenters. The molecule has 0 spiro atoms. The molecule has 2 N–H and O–H groups in total. The van der Waals surface area contributed by atoms with Gasteiger partial charge < -0.3 is 15.2 Å². The van der Waals surface area contributed by atoms with Crippen LogP contribution in [0.4, 0.5) is 0 Å². The number of halogens is 1. The van der Waals surface area contributed by atoms with E-state index in [1.165, 1.54) is 0 Å². The van der Waals surface area contributed by atoms with Crippen LogP contribution in [0, 0.1) is 0 Å². The molecule has 0 aliphatic carbocycles. The van der Waals surface area contributed by atoms with E-state index in [1.54, 1.807) is 50.6 Å². The number of amides is 1. The fraction of sp³-hybridized carbons (Fsp3) is 0.200. The number of carbonyl (C=O) groups excluding carboxylic acids is 1. The van der Waals surface area contributed by atoms with Gasteiger partial charge in [-0.3, -0.25) is 9.78 Å². The van der Waals surface area contributed by atoms with Crippen molar-refractivity contribution in [1.29, 1.82) is 0 Å². The summed E-state index contributed by atoms with van der Waals surface area (Å²) in [7, 11) is 1.59. The Morgan fingerprint density at radius 1 is 1.31 bits per heavy atom. The number of benzene rings is 2. The second-order valence-corrected chi connectivity index (χ2v) is 6.23. The highest BCUT2D eigenvalue weighted by Gasteiger charge is 2.23. The zero-order chi connectivity index (χ0) is 18.7. The highest BCUT2D eigenvalue weighted by atomic mass is 35.5. The number of hydrogen-bond acceptors (Lipinski definition) is 4. The van der Waals surface area contributed by atoms with E-state index >= 15 is 0 Å². The molecule has 134 valence electrons. The van der Waals surface area contributed by atoms with Crippen LogP contribution in [0.25, 0.3) is 10.9 Å². The van der Waals surface area contributed by atoms with E-state index in [-0.39, 0.29) is 11.7 Å². The van der Waals surface area contributed by atoms with E-state index < -0.39 is 6.04 Å². The van der Waals surface area contributed by atoms with Crippen molar-refractivity contribution in [1.82, 2.24) is 10.3 Å². The molecule has 0 unspecified atom stereocenters. The molecular weight excluding hydrogens is 352 g/mol. The topological polar surface area (TPSA) is 71.5 Å². The van der Waals surface area contributed by atoms with Crippen molar-refractivity contribution in [2.75, 3.05) is 7.11 Å². The number of hydrogen-bond donors (Lipinski definition) is 2. The Morgan fingerprint density at radius 3 is 2.69 bits per heavy atom. The first-order valence-corrected chi connectivity index (χ1v) is 8.62. The van der Waals surface area contributed by atoms with Gasteiger partial charge in [0.05, 0.1) is 18.2 Å². The van der Waals surface area contributed by atoms with Crippen LogP contribution in [0.2, 0.25) is 5.02 Å². The Bertz CT molecular complexity index is 942. The molecule has 2 aromatic carbocycles. The molecule has 0 aliphatic rings. The van der Waals surface area contributed by atoms with E-state index in [1.807, 2.05) is 12.1 Å². The number of phenols is 1. The van der Waals surface area contributed by atoms with Crippen LogP contribution in [0.15, 0.2) is 48.7 Å². The Kier molecular flexibility index (Phi) is 5.28. The van der Waals surface area contributed by atoms with Crippen LogP contribution in [0.1, 0.15) is 30.5 Å². The summed E-state index contributed by atoms with van der Waals surface area (Å²) in [5.74, 6) is 0.571. The van der Waals surface area contributed by atoms with E-state index in [2.05, 4.69) is 10.3 Å². The maximum absolute atomic E-state index is 12.1. The van der Waals surface area contributed by atoms with Crippen molar-refractivity contribution in [3.05, 3.63) is 64.8 Å².